The predicted octanol–water partition coefficient (Wildman–Crippen LogP) is 3.53. The molecule has 0 saturated carbocycles. The van der Waals surface area contributed by atoms with Gasteiger partial charge in [-0.25, -0.2) is 4.39 Å². The summed E-state index contributed by atoms with van der Waals surface area (Å²) >= 11 is 0. The van der Waals surface area contributed by atoms with Gasteiger partial charge in [-0.15, -0.1) is 0 Å². The van der Waals surface area contributed by atoms with Crippen LogP contribution in [-0.4, -0.2) is 18.6 Å². The first-order chi connectivity index (χ1) is 10.1. The topological polar surface area (TPSA) is 64.4 Å². The Morgan fingerprint density at radius 3 is 2.57 bits per heavy atom. The Bertz CT molecular complexity index is 620. The van der Waals surface area contributed by atoms with Gasteiger partial charge in [0.05, 0.1) is 17.6 Å². The zero-order chi connectivity index (χ0) is 15.2. The number of nitrogens with one attached hydrogen (secondary N) is 1. The second-order valence-electron chi connectivity index (χ2n) is 4.45. The van der Waals surface area contributed by atoms with Crippen molar-refractivity contribution in [2.45, 2.75) is 6.04 Å². The number of benzene rings is 2. The molecule has 2 aromatic carbocycles. The zero-order valence-corrected chi connectivity index (χ0v) is 11.5. The maximum atomic E-state index is 13.9. The van der Waals surface area contributed by atoms with E-state index in [1.54, 1.807) is 0 Å². The molecule has 2 rings (SSSR count). The molecule has 0 radical (unpaired) electrons. The Balaban J connectivity index is 2.36. The third-order valence-electron chi connectivity index (χ3n) is 3.04. The first kappa shape index (κ1) is 14.9. The van der Waals surface area contributed by atoms with Gasteiger partial charge in [0.1, 0.15) is 5.69 Å². The molecular weight excluding hydrogens is 275 g/mol. The zero-order valence-electron chi connectivity index (χ0n) is 11.5. The predicted molar refractivity (Wildman–Crippen MR) is 77.7 cm³/mol. The van der Waals surface area contributed by atoms with Gasteiger partial charge in [0.15, 0.2) is 5.82 Å². The fourth-order valence-corrected chi connectivity index (χ4v) is 2.06. The molecule has 0 aromatic heterocycles. The minimum absolute atomic E-state index is 0.131. The molecule has 110 valence electrons. The van der Waals surface area contributed by atoms with E-state index in [0.29, 0.717) is 0 Å². The van der Waals surface area contributed by atoms with Crippen LogP contribution in [-0.2, 0) is 4.74 Å². The van der Waals surface area contributed by atoms with Gasteiger partial charge in [0.2, 0.25) is 0 Å². The largest absolute Gasteiger partial charge is 0.382 e. The summed E-state index contributed by atoms with van der Waals surface area (Å²) in [5, 5.41) is 13.9. The summed E-state index contributed by atoms with van der Waals surface area (Å²) in [5.41, 5.74) is 0.428. The van der Waals surface area contributed by atoms with E-state index in [4.69, 9.17) is 4.74 Å². The van der Waals surface area contributed by atoms with Gasteiger partial charge in [-0.1, -0.05) is 36.4 Å². The molecule has 0 aliphatic rings. The van der Waals surface area contributed by atoms with Crippen molar-refractivity contribution in [1.29, 1.82) is 0 Å². The van der Waals surface area contributed by atoms with Gasteiger partial charge in [-0.05, 0) is 11.6 Å². The SMILES string of the molecule is COCC(Nc1c(F)cccc1[N+](=O)[O-])c1ccccc1. The van der Waals surface area contributed by atoms with Gasteiger partial charge in [0, 0.05) is 13.2 Å². The number of nitro groups is 1. The van der Waals surface area contributed by atoms with Crippen molar-refractivity contribution in [3.05, 3.63) is 70.0 Å². The first-order valence-corrected chi connectivity index (χ1v) is 6.36. The average molecular weight is 290 g/mol. The number of halogens is 1. The lowest BCUT2D eigenvalue weighted by Gasteiger charge is -2.19. The highest BCUT2D eigenvalue weighted by Gasteiger charge is 2.21. The molecule has 0 amide bonds. The Morgan fingerprint density at radius 1 is 1.24 bits per heavy atom. The number of rotatable bonds is 6. The lowest BCUT2D eigenvalue weighted by Crippen LogP contribution is -2.17. The number of para-hydroxylation sites is 1. The van der Waals surface area contributed by atoms with Crippen LogP contribution in [0.15, 0.2) is 48.5 Å². The molecule has 6 heteroatoms. The van der Waals surface area contributed by atoms with E-state index in [2.05, 4.69) is 5.32 Å². The lowest BCUT2D eigenvalue weighted by molar-refractivity contribution is -0.384. The second-order valence-corrected chi connectivity index (χ2v) is 4.45. The number of ether oxygens (including phenoxy) is 1. The molecule has 1 atom stereocenters. The highest BCUT2D eigenvalue weighted by atomic mass is 19.1. The van der Waals surface area contributed by atoms with E-state index in [9.17, 15) is 14.5 Å². The van der Waals surface area contributed by atoms with Gasteiger partial charge in [0.25, 0.3) is 5.69 Å². The molecule has 0 spiro atoms. The molecule has 21 heavy (non-hydrogen) atoms. The minimum Gasteiger partial charge on any atom is -0.382 e. The highest BCUT2D eigenvalue weighted by Crippen LogP contribution is 2.30. The van der Waals surface area contributed by atoms with Crippen LogP contribution < -0.4 is 5.32 Å². The molecule has 5 nitrogen and oxygen atoms in total. The van der Waals surface area contributed by atoms with Crippen LogP contribution in [0.1, 0.15) is 11.6 Å². The Kier molecular flexibility index (Phi) is 4.84. The van der Waals surface area contributed by atoms with Gasteiger partial charge in [-0.2, -0.15) is 0 Å². The van der Waals surface area contributed by atoms with Crippen molar-refractivity contribution in [3.8, 4) is 0 Å². The van der Waals surface area contributed by atoms with Gasteiger partial charge in [-0.3, -0.25) is 10.1 Å². The molecule has 1 N–H and O–H groups in total. The van der Waals surface area contributed by atoms with Crippen molar-refractivity contribution >= 4 is 11.4 Å². The van der Waals surface area contributed by atoms with Crippen LogP contribution in [0.25, 0.3) is 0 Å². The van der Waals surface area contributed by atoms with Crippen molar-refractivity contribution < 1.29 is 14.1 Å². The van der Waals surface area contributed by atoms with E-state index in [0.717, 1.165) is 5.56 Å². The minimum atomic E-state index is -0.666. The summed E-state index contributed by atoms with van der Waals surface area (Å²) in [7, 11) is 1.52. The number of hydrogen-bond acceptors (Lipinski definition) is 4. The van der Waals surface area contributed by atoms with E-state index in [1.165, 1.54) is 25.3 Å². The monoisotopic (exact) mass is 290 g/mol. The normalized spacial score (nSPS) is 11.9. The van der Waals surface area contributed by atoms with Crippen LogP contribution in [0, 0.1) is 15.9 Å². The maximum Gasteiger partial charge on any atom is 0.295 e. The van der Waals surface area contributed by atoms with E-state index in [-0.39, 0.29) is 24.0 Å². The molecule has 1 unspecified atom stereocenters. The van der Waals surface area contributed by atoms with Crippen LogP contribution in [0.3, 0.4) is 0 Å². The molecule has 2 aromatic rings. The van der Waals surface area contributed by atoms with Crippen molar-refractivity contribution in [1.82, 2.24) is 0 Å². The summed E-state index contributed by atoms with van der Waals surface area (Å²) in [5.74, 6) is -0.666. The molecule has 0 aliphatic heterocycles. The summed E-state index contributed by atoms with van der Waals surface area (Å²) in [4.78, 5) is 10.4. The van der Waals surface area contributed by atoms with E-state index < -0.39 is 10.7 Å². The van der Waals surface area contributed by atoms with Crippen LogP contribution in [0.4, 0.5) is 15.8 Å². The van der Waals surface area contributed by atoms with Crippen molar-refractivity contribution in [2.75, 3.05) is 19.0 Å². The molecule has 0 saturated heterocycles. The van der Waals surface area contributed by atoms with Crippen LogP contribution >= 0.6 is 0 Å². The molecule has 0 bridgehead atoms. The number of nitrogens with zero attached hydrogens (tertiary/aromatic N) is 1. The first-order valence-electron chi connectivity index (χ1n) is 6.36. The van der Waals surface area contributed by atoms with E-state index in [1.807, 2.05) is 30.3 Å². The highest BCUT2D eigenvalue weighted by molar-refractivity contribution is 5.63. The fraction of sp³-hybridized carbons (Fsp3) is 0.200. The molecule has 0 heterocycles. The Labute approximate surface area is 121 Å². The van der Waals surface area contributed by atoms with E-state index >= 15 is 0 Å². The number of hydrogen-bond donors (Lipinski definition) is 1. The summed E-state index contributed by atoms with van der Waals surface area (Å²) in [6, 6.07) is 12.6. The Hall–Kier alpha value is -2.47. The number of methoxy groups -OCH3 is 1. The fourth-order valence-electron chi connectivity index (χ4n) is 2.06. The standard InChI is InChI=1S/C15H15FN2O3/c1-21-10-13(11-6-3-2-4-7-11)17-15-12(16)8-5-9-14(15)18(19)20/h2-9,13,17H,10H2,1H3. The average Bonchev–Trinajstić information content (AvgIpc) is 2.49. The van der Waals surface area contributed by atoms with Gasteiger partial charge >= 0.3 is 0 Å². The molecule has 0 fully saturated rings. The quantitative estimate of drug-likeness (QED) is 0.653. The summed E-state index contributed by atoms with van der Waals surface area (Å²) < 4.78 is 19.0. The number of anilines is 1. The smallest absolute Gasteiger partial charge is 0.295 e. The van der Waals surface area contributed by atoms with Crippen LogP contribution in [0.5, 0.6) is 0 Å². The third kappa shape index (κ3) is 3.55. The number of nitro benzene ring substituents is 1. The third-order valence-corrected chi connectivity index (χ3v) is 3.04. The lowest BCUT2D eigenvalue weighted by atomic mass is 10.1. The summed E-state index contributed by atoms with van der Waals surface area (Å²) in [6.07, 6.45) is 0. The summed E-state index contributed by atoms with van der Waals surface area (Å²) in [6.45, 7) is 0.259. The van der Waals surface area contributed by atoms with Gasteiger partial charge < -0.3 is 10.1 Å². The molecular formula is C15H15FN2O3. The molecule has 0 aliphatic carbocycles. The Morgan fingerprint density at radius 2 is 1.95 bits per heavy atom. The van der Waals surface area contributed by atoms with Crippen molar-refractivity contribution in [3.63, 3.8) is 0 Å². The van der Waals surface area contributed by atoms with Crippen LogP contribution in [0.2, 0.25) is 0 Å². The van der Waals surface area contributed by atoms with Crippen molar-refractivity contribution in [2.24, 2.45) is 0 Å². The maximum absolute atomic E-state index is 13.9. The second kappa shape index (κ2) is 6.81.